The van der Waals surface area contributed by atoms with Crippen LogP contribution in [0.5, 0.6) is 5.75 Å². The molecule has 0 N–H and O–H groups in total. The molecule has 0 fully saturated rings. The second kappa shape index (κ2) is 8.26. The van der Waals surface area contributed by atoms with Gasteiger partial charge in [-0.1, -0.05) is 11.2 Å². The highest BCUT2D eigenvalue weighted by atomic mass is 19.1. The lowest BCUT2D eigenvalue weighted by atomic mass is 10.0. The molecule has 0 atom stereocenters. The van der Waals surface area contributed by atoms with Gasteiger partial charge in [-0.3, -0.25) is 14.3 Å². The Kier molecular flexibility index (Phi) is 5.11. The molecule has 0 unspecified atom stereocenters. The van der Waals surface area contributed by atoms with Crippen LogP contribution in [0, 0.1) is 19.3 Å². The molecule has 166 valence electrons. The average Bonchev–Trinajstić information content (AvgIpc) is 3.39. The van der Waals surface area contributed by atoms with E-state index in [1.807, 2.05) is 19.1 Å². The van der Waals surface area contributed by atoms with E-state index < -0.39 is 11.4 Å². The number of fused-ring (bicyclic) bond motifs is 1. The third-order valence-electron chi connectivity index (χ3n) is 5.37. The second-order valence-corrected chi connectivity index (χ2v) is 7.47. The van der Waals surface area contributed by atoms with E-state index in [0.29, 0.717) is 16.6 Å². The molecule has 34 heavy (non-hydrogen) atoms. The van der Waals surface area contributed by atoms with Gasteiger partial charge in [0.2, 0.25) is 0 Å². The average molecular weight is 453 g/mol. The van der Waals surface area contributed by atoms with Gasteiger partial charge in [-0.15, -0.1) is 0 Å². The van der Waals surface area contributed by atoms with Crippen molar-refractivity contribution in [1.29, 1.82) is 0 Å². The molecule has 0 spiro atoms. The standard InChI is InChI=1S/C25H16FN5O3/c1-14-4-5-15(13-28-14)18-10-16(27-2)11-19-23(18)29-24(21-8-9-34-30-21)31(25(19)32)17-6-7-22(33-3)20(26)12-17/h4-13H,1,3H3. The molecule has 0 amide bonds. The van der Waals surface area contributed by atoms with Crippen molar-refractivity contribution in [3.8, 4) is 34.1 Å². The van der Waals surface area contributed by atoms with Crippen LogP contribution in [0.25, 0.3) is 44.1 Å². The largest absolute Gasteiger partial charge is 0.494 e. The molecule has 0 bridgehead atoms. The van der Waals surface area contributed by atoms with Crippen LogP contribution in [-0.4, -0.2) is 26.8 Å². The predicted octanol–water partition coefficient (Wildman–Crippen LogP) is 5.11. The van der Waals surface area contributed by atoms with Gasteiger partial charge >= 0.3 is 0 Å². The van der Waals surface area contributed by atoms with Crippen molar-refractivity contribution in [3.63, 3.8) is 0 Å². The van der Waals surface area contributed by atoms with Crippen molar-refractivity contribution in [2.75, 3.05) is 7.11 Å². The van der Waals surface area contributed by atoms with Crippen molar-refractivity contribution in [2.24, 2.45) is 0 Å². The first-order chi connectivity index (χ1) is 16.5. The summed E-state index contributed by atoms with van der Waals surface area (Å²) in [5.74, 6) is -0.440. The van der Waals surface area contributed by atoms with Crippen LogP contribution in [0.2, 0.25) is 0 Å². The summed E-state index contributed by atoms with van der Waals surface area (Å²) in [5.41, 5.74) is 2.77. The van der Waals surface area contributed by atoms with E-state index in [0.717, 1.165) is 5.69 Å². The summed E-state index contributed by atoms with van der Waals surface area (Å²) >= 11 is 0. The van der Waals surface area contributed by atoms with E-state index in [2.05, 4.69) is 15.0 Å². The fourth-order valence-corrected chi connectivity index (χ4v) is 3.72. The second-order valence-electron chi connectivity index (χ2n) is 7.47. The Hall–Kier alpha value is -4.84. The number of aryl methyl sites for hydroxylation is 1. The maximum Gasteiger partial charge on any atom is 0.265 e. The summed E-state index contributed by atoms with van der Waals surface area (Å²) in [5, 5.41) is 4.15. The third kappa shape index (κ3) is 3.47. The number of methoxy groups -OCH3 is 1. The summed E-state index contributed by atoms with van der Waals surface area (Å²) in [7, 11) is 1.36. The minimum atomic E-state index is -0.639. The molecule has 0 aliphatic heterocycles. The number of pyridine rings is 1. The molecule has 2 aromatic carbocycles. The van der Waals surface area contributed by atoms with Crippen molar-refractivity contribution < 1.29 is 13.7 Å². The monoisotopic (exact) mass is 453 g/mol. The quantitative estimate of drug-likeness (QED) is 0.352. The minimum Gasteiger partial charge on any atom is -0.494 e. The zero-order valence-electron chi connectivity index (χ0n) is 18.1. The van der Waals surface area contributed by atoms with Gasteiger partial charge in [-0.05, 0) is 42.8 Å². The van der Waals surface area contributed by atoms with Gasteiger partial charge in [0.1, 0.15) is 12.0 Å². The van der Waals surface area contributed by atoms with Crippen molar-refractivity contribution in [1.82, 2.24) is 19.7 Å². The molecule has 3 heterocycles. The summed E-state index contributed by atoms with van der Waals surface area (Å²) in [6, 6.07) is 12.5. The van der Waals surface area contributed by atoms with E-state index in [1.54, 1.807) is 24.4 Å². The molecule has 9 heteroatoms. The molecule has 0 saturated carbocycles. The van der Waals surface area contributed by atoms with Gasteiger partial charge in [0.25, 0.3) is 5.56 Å². The topological polar surface area (TPSA) is 87.4 Å². The van der Waals surface area contributed by atoms with Crippen LogP contribution in [-0.2, 0) is 0 Å². The number of hydrogen-bond acceptors (Lipinski definition) is 6. The first-order valence-corrected chi connectivity index (χ1v) is 10.2. The summed E-state index contributed by atoms with van der Waals surface area (Å²) in [6.07, 6.45) is 3.02. The maximum atomic E-state index is 14.6. The van der Waals surface area contributed by atoms with Gasteiger partial charge in [-0.2, -0.15) is 0 Å². The molecule has 8 nitrogen and oxygen atoms in total. The minimum absolute atomic E-state index is 0.0398. The summed E-state index contributed by atoms with van der Waals surface area (Å²) in [4.78, 5) is 26.4. The van der Waals surface area contributed by atoms with E-state index in [1.165, 1.54) is 36.1 Å². The predicted molar refractivity (Wildman–Crippen MR) is 124 cm³/mol. The highest BCUT2D eigenvalue weighted by Crippen LogP contribution is 2.33. The molecule has 0 radical (unpaired) electrons. The van der Waals surface area contributed by atoms with Crippen LogP contribution >= 0.6 is 0 Å². The Labute approximate surface area is 192 Å². The van der Waals surface area contributed by atoms with E-state index in [4.69, 9.17) is 20.8 Å². The van der Waals surface area contributed by atoms with Crippen molar-refractivity contribution in [3.05, 3.63) is 94.3 Å². The Morgan fingerprint density at radius 2 is 2.00 bits per heavy atom. The Morgan fingerprint density at radius 1 is 1.15 bits per heavy atom. The molecule has 5 aromatic rings. The van der Waals surface area contributed by atoms with Crippen LogP contribution < -0.4 is 10.3 Å². The normalized spacial score (nSPS) is 10.9. The number of nitrogens with zero attached hydrogens (tertiary/aromatic N) is 5. The van der Waals surface area contributed by atoms with Crippen molar-refractivity contribution >= 4 is 16.6 Å². The smallest absolute Gasteiger partial charge is 0.265 e. The SMILES string of the molecule is [C-]#[N+]c1cc(-c2ccc(C)nc2)c2nc(-c3ccon3)n(-c3ccc(OC)c(F)c3)c(=O)c2c1. The molecule has 3 aromatic heterocycles. The Balaban J connectivity index is 1.90. The zero-order valence-corrected chi connectivity index (χ0v) is 18.1. The van der Waals surface area contributed by atoms with Crippen molar-refractivity contribution in [2.45, 2.75) is 6.92 Å². The van der Waals surface area contributed by atoms with Crippen LogP contribution in [0.1, 0.15) is 5.69 Å². The summed E-state index contributed by atoms with van der Waals surface area (Å²) in [6.45, 7) is 9.39. The van der Waals surface area contributed by atoms with Crippen LogP contribution in [0.15, 0.2) is 70.3 Å². The highest BCUT2D eigenvalue weighted by Gasteiger charge is 2.20. The fraction of sp³-hybridized carbons (Fsp3) is 0.0800. The molecule has 0 saturated heterocycles. The number of hydrogen-bond donors (Lipinski definition) is 0. The van der Waals surface area contributed by atoms with Gasteiger partial charge in [-0.25, -0.2) is 14.2 Å². The van der Waals surface area contributed by atoms with Gasteiger partial charge in [0.15, 0.2) is 23.1 Å². The summed E-state index contributed by atoms with van der Waals surface area (Å²) < 4.78 is 25.8. The number of rotatable bonds is 4. The lowest BCUT2D eigenvalue weighted by Gasteiger charge is -2.15. The lowest BCUT2D eigenvalue weighted by Crippen LogP contribution is -2.22. The zero-order chi connectivity index (χ0) is 23.8. The fourth-order valence-electron chi connectivity index (χ4n) is 3.72. The number of ether oxygens (including phenoxy) is 1. The first-order valence-electron chi connectivity index (χ1n) is 10.2. The Morgan fingerprint density at radius 3 is 2.65 bits per heavy atom. The molecule has 0 aliphatic carbocycles. The Bertz CT molecular complexity index is 1640. The van der Waals surface area contributed by atoms with Crippen LogP contribution in [0.3, 0.4) is 0 Å². The van der Waals surface area contributed by atoms with E-state index >= 15 is 0 Å². The molecular formula is C25H16FN5O3. The molecule has 5 rings (SSSR count). The first kappa shape index (κ1) is 21.0. The van der Waals surface area contributed by atoms with E-state index in [9.17, 15) is 9.18 Å². The number of aromatic nitrogens is 4. The molecule has 0 aliphatic rings. The lowest BCUT2D eigenvalue weighted by molar-refractivity contribution is 0.386. The molecular weight excluding hydrogens is 437 g/mol. The van der Waals surface area contributed by atoms with Crippen LogP contribution in [0.4, 0.5) is 10.1 Å². The third-order valence-corrected chi connectivity index (χ3v) is 5.37. The van der Waals surface area contributed by atoms with Gasteiger partial charge in [0, 0.05) is 29.6 Å². The van der Waals surface area contributed by atoms with Gasteiger partial charge < -0.3 is 9.26 Å². The maximum absolute atomic E-state index is 14.6. The number of benzene rings is 2. The van der Waals surface area contributed by atoms with Gasteiger partial charge in [0.05, 0.1) is 30.3 Å². The number of halogens is 1. The highest BCUT2D eigenvalue weighted by molar-refractivity contribution is 5.97. The van der Waals surface area contributed by atoms with E-state index in [-0.39, 0.29) is 34.0 Å².